The molecule has 2 aliphatic rings. The van der Waals surface area contributed by atoms with Gasteiger partial charge in [0.2, 0.25) is 0 Å². The minimum Gasteiger partial charge on any atom is -0.378 e. The number of carbonyl (C=O) groups is 1. The highest BCUT2D eigenvalue weighted by molar-refractivity contribution is 5.95. The van der Waals surface area contributed by atoms with Crippen LogP contribution in [0.2, 0.25) is 0 Å². The van der Waals surface area contributed by atoms with Gasteiger partial charge in [0.05, 0.1) is 6.10 Å². The second-order valence-corrected chi connectivity index (χ2v) is 7.98. The molecule has 2 fully saturated rings. The van der Waals surface area contributed by atoms with E-state index in [4.69, 9.17) is 4.74 Å². The molecule has 1 aromatic heterocycles. The van der Waals surface area contributed by atoms with Gasteiger partial charge in [-0.1, -0.05) is 26.0 Å². The summed E-state index contributed by atoms with van der Waals surface area (Å²) in [7, 11) is 0. The summed E-state index contributed by atoms with van der Waals surface area (Å²) in [4.78, 5) is 26.0. The normalized spacial score (nSPS) is 23.8. The van der Waals surface area contributed by atoms with E-state index in [1.54, 1.807) is 10.8 Å². The first kappa shape index (κ1) is 18.0. The molecule has 1 aliphatic heterocycles. The minimum atomic E-state index is -0.276. The van der Waals surface area contributed by atoms with E-state index in [0.29, 0.717) is 17.4 Å². The van der Waals surface area contributed by atoms with Gasteiger partial charge in [-0.15, -0.1) is 0 Å². The quantitative estimate of drug-likeness (QED) is 0.904. The van der Waals surface area contributed by atoms with Crippen molar-refractivity contribution in [3.8, 4) is 5.69 Å². The van der Waals surface area contributed by atoms with Crippen LogP contribution in [0.5, 0.6) is 0 Å². The van der Waals surface area contributed by atoms with Crippen LogP contribution < -0.4 is 10.9 Å². The molecule has 0 radical (unpaired) electrons. The molecule has 27 heavy (non-hydrogen) atoms. The first-order chi connectivity index (χ1) is 13.0. The zero-order valence-corrected chi connectivity index (χ0v) is 16.1. The standard InChI is InChI=1S/C22H26N2O3/c1-13(2)15-5-4-6-16(11-15)24-9-7-14(3)20(22(24)26)21(25)23-18-12-19-17(18)8-10-27-19/h4-7,9,11,13,17-19H,8,10,12H2,1-3H3,(H,23,25)/t17-,18+,19+/m0/s1. The van der Waals surface area contributed by atoms with Crippen LogP contribution in [0.15, 0.2) is 41.3 Å². The van der Waals surface area contributed by atoms with Crippen LogP contribution >= 0.6 is 0 Å². The fraction of sp³-hybridized carbons (Fsp3) is 0.455. The lowest BCUT2D eigenvalue weighted by Gasteiger charge is -2.39. The van der Waals surface area contributed by atoms with Crippen molar-refractivity contribution >= 4 is 5.91 Å². The smallest absolute Gasteiger partial charge is 0.268 e. The highest BCUT2D eigenvalue weighted by atomic mass is 16.5. The van der Waals surface area contributed by atoms with Crippen molar-refractivity contribution in [3.05, 3.63) is 63.6 Å². The molecule has 3 atom stereocenters. The van der Waals surface area contributed by atoms with Gasteiger partial charge in [0.25, 0.3) is 11.5 Å². The third kappa shape index (κ3) is 3.21. The molecule has 2 heterocycles. The van der Waals surface area contributed by atoms with Crippen LogP contribution in [0.25, 0.3) is 5.69 Å². The predicted molar refractivity (Wildman–Crippen MR) is 105 cm³/mol. The summed E-state index contributed by atoms with van der Waals surface area (Å²) < 4.78 is 7.17. The van der Waals surface area contributed by atoms with Gasteiger partial charge in [0, 0.05) is 30.5 Å². The van der Waals surface area contributed by atoms with Crippen molar-refractivity contribution in [3.63, 3.8) is 0 Å². The molecule has 1 aliphatic carbocycles. The Balaban J connectivity index is 1.64. The fourth-order valence-corrected chi connectivity index (χ4v) is 4.14. The monoisotopic (exact) mass is 366 g/mol. The van der Waals surface area contributed by atoms with Gasteiger partial charge in [-0.3, -0.25) is 14.2 Å². The molecule has 5 nitrogen and oxygen atoms in total. The van der Waals surface area contributed by atoms with Crippen LogP contribution in [-0.2, 0) is 4.74 Å². The summed E-state index contributed by atoms with van der Waals surface area (Å²) in [5.74, 6) is 0.485. The maximum atomic E-state index is 13.1. The number of pyridine rings is 1. The molecule has 4 rings (SSSR count). The van der Waals surface area contributed by atoms with Gasteiger partial charge in [-0.05, 0) is 55.0 Å². The topological polar surface area (TPSA) is 60.3 Å². The maximum absolute atomic E-state index is 13.1. The molecule has 1 aromatic carbocycles. The Labute approximate surface area is 159 Å². The fourth-order valence-electron chi connectivity index (χ4n) is 4.14. The van der Waals surface area contributed by atoms with E-state index in [1.165, 1.54) is 0 Å². The lowest BCUT2D eigenvalue weighted by atomic mass is 9.76. The van der Waals surface area contributed by atoms with E-state index < -0.39 is 0 Å². The largest absolute Gasteiger partial charge is 0.378 e. The third-order valence-electron chi connectivity index (χ3n) is 5.92. The molecule has 0 bridgehead atoms. The first-order valence-electron chi connectivity index (χ1n) is 9.70. The van der Waals surface area contributed by atoms with Crippen molar-refractivity contribution in [1.82, 2.24) is 9.88 Å². The molecule has 2 aromatic rings. The van der Waals surface area contributed by atoms with E-state index in [2.05, 4.69) is 25.2 Å². The number of nitrogens with one attached hydrogen (secondary N) is 1. The number of carbonyl (C=O) groups excluding carboxylic acids is 1. The van der Waals surface area contributed by atoms with Crippen LogP contribution in [0.3, 0.4) is 0 Å². The number of aryl methyl sites for hydroxylation is 1. The molecular formula is C22H26N2O3. The molecular weight excluding hydrogens is 340 g/mol. The molecule has 5 heteroatoms. The van der Waals surface area contributed by atoms with Crippen molar-refractivity contribution in [2.45, 2.75) is 51.7 Å². The zero-order chi connectivity index (χ0) is 19.1. The molecule has 0 unspecified atom stereocenters. The summed E-state index contributed by atoms with van der Waals surface area (Å²) in [5.41, 5.74) is 2.61. The number of hydrogen-bond acceptors (Lipinski definition) is 3. The Hall–Kier alpha value is -2.40. The van der Waals surface area contributed by atoms with Crippen molar-refractivity contribution in [2.24, 2.45) is 5.92 Å². The Morgan fingerprint density at radius 1 is 1.30 bits per heavy atom. The van der Waals surface area contributed by atoms with Gasteiger partial charge in [-0.25, -0.2) is 0 Å². The predicted octanol–water partition coefficient (Wildman–Crippen LogP) is 3.18. The first-order valence-corrected chi connectivity index (χ1v) is 9.70. The highest BCUT2D eigenvalue weighted by Gasteiger charge is 2.46. The van der Waals surface area contributed by atoms with Crippen LogP contribution in [0, 0.1) is 12.8 Å². The Bertz CT molecular complexity index is 931. The molecule has 142 valence electrons. The van der Waals surface area contributed by atoms with E-state index in [-0.39, 0.29) is 29.2 Å². The molecule has 1 saturated heterocycles. The summed E-state index contributed by atoms with van der Waals surface area (Å²) in [6.07, 6.45) is 3.85. The van der Waals surface area contributed by atoms with Gasteiger partial charge in [-0.2, -0.15) is 0 Å². The SMILES string of the molecule is Cc1ccn(-c2cccc(C(C)C)c2)c(=O)c1C(=O)N[C@@H]1C[C@H]2OCC[C@@H]12. The van der Waals surface area contributed by atoms with Crippen LogP contribution in [0.1, 0.15) is 54.1 Å². The van der Waals surface area contributed by atoms with Crippen molar-refractivity contribution in [1.29, 1.82) is 0 Å². The number of nitrogens with zero attached hydrogens (tertiary/aromatic N) is 1. The Morgan fingerprint density at radius 3 is 2.85 bits per heavy atom. The molecule has 1 saturated carbocycles. The molecule has 1 amide bonds. The number of benzene rings is 1. The molecule has 1 N–H and O–H groups in total. The second-order valence-electron chi connectivity index (χ2n) is 7.98. The average Bonchev–Trinajstić information content (AvgIpc) is 3.01. The number of fused-ring (bicyclic) bond motifs is 1. The summed E-state index contributed by atoms with van der Waals surface area (Å²) in [5, 5.41) is 3.06. The van der Waals surface area contributed by atoms with Gasteiger partial charge in [0.15, 0.2) is 0 Å². The average molecular weight is 366 g/mol. The van der Waals surface area contributed by atoms with E-state index in [0.717, 1.165) is 30.7 Å². The summed E-state index contributed by atoms with van der Waals surface area (Å²) in [6.45, 7) is 6.82. The third-order valence-corrected chi connectivity index (χ3v) is 5.92. The van der Waals surface area contributed by atoms with E-state index in [9.17, 15) is 9.59 Å². The van der Waals surface area contributed by atoms with E-state index >= 15 is 0 Å². The Morgan fingerprint density at radius 2 is 2.11 bits per heavy atom. The van der Waals surface area contributed by atoms with Crippen LogP contribution in [-0.4, -0.2) is 29.2 Å². The lowest BCUT2D eigenvalue weighted by molar-refractivity contribution is 0.00806. The van der Waals surface area contributed by atoms with E-state index in [1.807, 2.05) is 31.2 Å². The Kier molecular flexibility index (Phi) is 4.64. The number of ether oxygens (including phenoxy) is 1. The van der Waals surface area contributed by atoms with Gasteiger partial charge >= 0.3 is 0 Å². The zero-order valence-electron chi connectivity index (χ0n) is 16.1. The minimum absolute atomic E-state index is 0.113. The number of aromatic nitrogens is 1. The number of hydrogen-bond donors (Lipinski definition) is 1. The lowest BCUT2D eigenvalue weighted by Crippen LogP contribution is -2.54. The van der Waals surface area contributed by atoms with Crippen molar-refractivity contribution in [2.75, 3.05) is 6.61 Å². The van der Waals surface area contributed by atoms with Gasteiger partial charge in [0.1, 0.15) is 5.56 Å². The molecule has 0 spiro atoms. The highest BCUT2D eigenvalue weighted by Crippen LogP contribution is 2.38. The second kappa shape index (κ2) is 6.97. The number of rotatable bonds is 4. The maximum Gasteiger partial charge on any atom is 0.268 e. The number of amides is 1. The summed E-state index contributed by atoms with van der Waals surface area (Å²) >= 11 is 0. The van der Waals surface area contributed by atoms with Gasteiger partial charge < -0.3 is 10.1 Å². The summed E-state index contributed by atoms with van der Waals surface area (Å²) in [6, 6.07) is 9.86. The van der Waals surface area contributed by atoms with Crippen LogP contribution in [0.4, 0.5) is 0 Å². The van der Waals surface area contributed by atoms with Crippen molar-refractivity contribution < 1.29 is 9.53 Å².